The van der Waals surface area contributed by atoms with Gasteiger partial charge in [-0.05, 0) is 37.6 Å². The van der Waals surface area contributed by atoms with Crippen molar-refractivity contribution < 1.29 is 4.39 Å². The number of rotatable bonds is 5. The maximum absolute atomic E-state index is 14.0. The summed E-state index contributed by atoms with van der Waals surface area (Å²) in [6, 6.07) is 10.7. The zero-order valence-electron chi connectivity index (χ0n) is 11.4. The molecule has 1 atom stereocenters. The first-order valence-electron chi connectivity index (χ1n) is 6.63. The third kappa shape index (κ3) is 3.18. The standard InChI is InChI=1S/C16H19FN2/c1-3-10-19-16(13-8-6-11-18-12(13)2)14-7-4-5-9-15(14)17/h4-9,11,16,19H,3,10H2,1-2H3. The average molecular weight is 258 g/mol. The summed E-state index contributed by atoms with van der Waals surface area (Å²) in [7, 11) is 0. The average Bonchev–Trinajstić information content (AvgIpc) is 2.42. The second-order valence-electron chi connectivity index (χ2n) is 4.59. The quantitative estimate of drug-likeness (QED) is 0.886. The Morgan fingerprint density at radius 1 is 1.16 bits per heavy atom. The SMILES string of the molecule is CCCNC(c1ccccc1F)c1cccnc1C. The van der Waals surface area contributed by atoms with Crippen LogP contribution in [0.3, 0.4) is 0 Å². The van der Waals surface area contributed by atoms with E-state index in [0.717, 1.165) is 24.2 Å². The number of nitrogens with one attached hydrogen (secondary N) is 1. The smallest absolute Gasteiger partial charge is 0.128 e. The second kappa shape index (κ2) is 6.43. The van der Waals surface area contributed by atoms with Gasteiger partial charge in [0.2, 0.25) is 0 Å². The van der Waals surface area contributed by atoms with Gasteiger partial charge in [0, 0.05) is 17.5 Å². The first kappa shape index (κ1) is 13.7. The molecule has 0 amide bonds. The molecule has 0 aliphatic rings. The van der Waals surface area contributed by atoms with Crippen LogP contribution in [0.4, 0.5) is 4.39 Å². The molecule has 0 radical (unpaired) electrons. The Bertz CT molecular complexity index is 494. The van der Waals surface area contributed by atoms with Gasteiger partial charge in [-0.3, -0.25) is 4.98 Å². The highest BCUT2D eigenvalue weighted by atomic mass is 19.1. The lowest BCUT2D eigenvalue weighted by molar-refractivity contribution is 0.544. The summed E-state index contributed by atoms with van der Waals surface area (Å²) in [6.07, 6.45) is 2.77. The molecule has 1 heterocycles. The first-order valence-corrected chi connectivity index (χ1v) is 6.63. The van der Waals surface area contributed by atoms with Gasteiger partial charge in [0.1, 0.15) is 5.82 Å². The maximum atomic E-state index is 14.0. The molecule has 19 heavy (non-hydrogen) atoms. The molecule has 1 unspecified atom stereocenters. The number of halogens is 1. The lowest BCUT2D eigenvalue weighted by atomic mass is 9.97. The van der Waals surface area contributed by atoms with E-state index < -0.39 is 0 Å². The fourth-order valence-electron chi connectivity index (χ4n) is 2.19. The number of aromatic nitrogens is 1. The van der Waals surface area contributed by atoms with Crippen LogP contribution in [0.2, 0.25) is 0 Å². The maximum Gasteiger partial charge on any atom is 0.128 e. The Balaban J connectivity index is 2.42. The van der Waals surface area contributed by atoms with E-state index in [4.69, 9.17) is 0 Å². The largest absolute Gasteiger partial charge is 0.306 e. The first-order chi connectivity index (χ1) is 9.24. The van der Waals surface area contributed by atoms with Crippen molar-refractivity contribution in [2.75, 3.05) is 6.54 Å². The molecular weight excluding hydrogens is 239 g/mol. The van der Waals surface area contributed by atoms with Crippen LogP contribution in [0.5, 0.6) is 0 Å². The summed E-state index contributed by atoms with van der Waals surface area (Å²) >= 11 is 0. The van der Waals surface area contributed by atoms with Crippen molar-refractivity contribution >= 4 is 0 Å². The number of hydrogen-bond acceptors (Lipinski definition) is 2. The van der Waals surface area contributed by atoms with Crippen molar-refractivity contribution in [3.8, 4) is 0 Å². The van der Waals surface area contributed by atoms with Crippen LogP contribution in [0.15, 0.2) is 42.6 Å². The summed E-state index contributed by atoms with van der Waals surface area (Å²) in [5.41, 5.74) is 2.63. The van der Waals surface area contributed by atoms with Gasteiger partial charge in [0.05, 0.1) is 6.04 Å². The molecule has 2 aromatic rings. The van der Waals surface area contributed by atoms with E-state index in [1.807, 2.05) is 31.2 Å². The molecule has 1 aromatic heterocycles. The molecule has 2 nitrogen and oxygen atoms in total. The number of pyridine rings is 1. The van der Waals surface area contributed by atoms with Crippen LogP contribution >= 0.6 is 0 Å². The minimum absolute atomic E-state index is 0.144. The van der Waals surface area contributed by atoms with Crippen molar-refractivity contribution in [2.24, 2.45) is 0 Å². The highest BCUT2D eigenvalue weighted by molar-refractivity contribution is 5.34. The van der Waals surface area contributed by atoms with Crippen molar-refractivity contribution in [2.45, 2.75) is 26.3 Å². The lowest BCUT2D eigenvalue weighted by Gasteiger charge is -2.21. The number of aryl methyl sites for hydroxylation is 1. The molecule has 1 N–H and O–H groups in total. The highest BCUT2D eigenvalue weighted by Gasteiger charge is 2.18. The van der Waals surface area contributed by atoms with E-state index in [2.05, 4.69) is 17.2 Å². The van der Waals surface area contributed by atoms with Crippen LogP contribution in [-0.4, -0.2) is 11.5 Å². The Morgan fingerprint density at radius 2 is 1.89 bits per heavy atom. The molecule has 2 rings (SSSR count). The summed E-state index contributed by atoms with van der Waals surface area (Å²) in [4.78, 5) is 4.30. The van der Waals surface area contributed by atoms with Gasteiger partial charge < -0.3 is 5.32 Å². The lowest BCUT2D eigenvalue weighted by Crippen LogP contribution is -2.25. The van der Waals surface area contributed by atoms with Crippen LogP contribution < -0.4 is 5.32 Å². The molecule has 1 aromatic carbocycles. The third-order valence-electron chi connectivity index (χ3n) is 3.17. The van der Waals surface area contributed by atoms with Crippen LogP contribution in [0, 0.1) is 12.7 Å². The number of nitrogens with zero attached hydrogens (tertiary/aromatic N) is 1. The molecule has 0 aliphatic carbocycles. The monoisotopic (exact) mass is 258 g/mol. The predicted octanol–water partition coefficient (Wildman–Crippen LogP) is 3.62. The molecule has 0 aliphatic heterocycles. The Hall–Kier alpha value is -1.74. The Kier molecular flexibility index (Phi) is 4.63. The van der Waals surface area contributed by atoms with Crippen LogP contribution in [0.1, 0.15) is 36.2 Å². The summed E-state index contributed by atoms with van der Waals surface area (Å²) in [5, 5.41) is 3.40. The topological polar surface area (TPSA) is 24.9 Å². The van der Waals surface area contributed by atoms with Gasteiger partial charge in [0.15, 0.2) is 0 Å². The number of benzene rings is 1. The van der Waals surface area contributed by atoms with Crippen LogP contribution in [-0.2, 0) is 0 Å². The highest BCUT2D eigenvalue weighted by Crippen LogP contribution is 2.25. The van der Waals surface area contributed by atoms with Gasteiger partial charge in [-0.25, -0.2) is 4.39 Å². The minimum atomic E-state index is -0.181. The summed E-state index contributed by atoms with van der Waals surface area (Å²) < 4.78 is 14.0. The van der Waals surface area contributed by atoms with E-state index in [-0.39, 0.29) is 11.9 Å². The van der Waals surface area contributed by atoms with E-state index in [9.17, 15) is 4.39 Å². The van der Waals surface area contributed by atoms with Gasteiger partial charge in [-0.2, -0.15) is 0 Å². The van der Waals surface area contributed by atoms with E-state index in [1.54, 1.807) is 12.3 Å². The van der Waals surface area contributed by atoms with Crippen molar-refractivity contribution in [3.05, 3.63) is 65.2 Å². The van der Waals surface area contributed by atoms with Gasteiger partial charge in [-0.15, -0.1) is 0 Å². The third-order valence-corrected chi connectivity index (χ3v) is 3.17. The minimum Gasteiger partial charge on any atom is -0.306 e. The number of hydrogen-bond donors (Lipinski definition) is 1. The zero-order chi connectivity index (χ0) is 13.7. The van der Waals surface area contributed by atoms with Crippen molar-refractivity contribution in [1.82, 2.24) is 10.3 Å². The van der Waals surface area contributed by atoms with Crippen molar-refractivity contribution in [1.29, 1.82) is 0 Å². The molecular formula is C16H19FN2. The summed E-state index contributed by atoms with van der Waals surface area (Å²) in [5.74, 6) is -0.181. The molecule has 3 heteroatoms. The molecule has 0 saturated heterocycles. The molecule has 100 valence electrons. The fraction of sp³-hybridized carbons (Fsp3) is 0.312. The Labute approximate surface area is 113 Å². The van der Waals surface area contributed by atoms with Crippen LogP contribution in [0.25, 0.3) is 0 Å². The van der Waals surface area contributed by atoms with Gasteiger partial charge in [-0.1, -0.05) is 31.2 Å². The van der Waals surface area contributed by atoms with Crippen molar-refractivity contribution in [3.63, 3.8) is 0 Å². The molecule has 0 saturated carbocycles. The van der Waals surface area contributed by atoms with Gasteiger partial charge >= 0.3 is 0 Å². The molecule has 0 spiro atoms. The van der Waals surface area contributed by atoms with E-state index in [1.165, 1.54) is 6.07 Å². The predicted molar refractivity (Wildman–Crippen MR) is 75.5 cm³/mol. The van der Waals surface area contributed by atoms with E-state index in [0.29, 0.717) is 5.56 Å². The Morgan fingerprint density at radius 3 is 2.58 bits per heavy atom. The second-order valence-corrected chi connectivity index (χ2v) is 4.59. The molecule has 0 bridgehead atoms. The summed E-state index contributed by atoms with van der Waals surface area (Å²) in [6.45, 7) is 4.89. The normalized spacial score (nSPS) is 12.4. The van der Waals surface area contributed by atoms with Gasteiger partial charge in [0.25, 0.3) is 0 Å². The fourth-order valence-corrected chi connectivity index (χ4v) is 2.19. The molecule has 0 fully saturated rings. The van der Waals surface area contributed by atoms with E-state index >= 15 is 0 Å². The zero-order valence-corrected chi connectivity index (χ0v) is 11.4.